The number of nitrogens with one attached hydrogen (secondary N) is 1. The number of rotatable bonds is 4. The molecule has 1 N–H and O–H groups in total. The molecule has 4 heteroatoms. The van der Waals surface area contributed by atoms with Gasteiger partial charge in [-0.1, -0.05) is 29.4 Å². The van der Waals surface area contributed by atoms with E-state index < -0.39 is 0 Å². The number of nitrogens with zero attached hydrogens (tertiary/aromatic N) is 1. The maximum Gasteiger partial charge on any atom is 0.225 e. The van der Waals surface area contributed by atoms with E-state index in [0.29, 0.717) is 12.2 Å². The second-order valence-electron chi connectivity index (χ2n) is 5.13. The molecule has 106 valence electrons. The van der Waals surface area contributed by atoms with E-state index in [0.717, 1.165) is 16.8 Å². The number of benzene rings is 1. The molecule has 1 aromatic heterocycles. The number of amides is 1. The average molecular weight is 272 g/mol. The summed E-state index contributed by atoms with van der Waals surface area (Å²) in [6.45, 7) is 7.72. The lowest BCUT2D eigenvalue weighted by Gasteiger charge is -2.16. The molecular weight excluding hydrogens is 252 g/mol. The molecule has 0 radical (unpaired) electrons. The Bertz CT molecular complexity index is 597. The van der Waals surface area contributed by atoms with Gasteiger partial charge in [-0.05, 0) is 38.8 Å². The highest BCUT2D eigenvalue weighted by Gasteiger charge is 2.16. The molecule has 1 atom stereocenters. The van der Waals surface area contributed by atoms with Crippen molar-refractivity contribution >= 4 is 5.91 Å². The second-order valence-corrected chi connectivity index (χ2v) is 5.13. The predicted molar refractivity (Wildman–Crippen MR) is 77.4 cm³/mol. The van der Waals surface area contributed by atoms with Gasteiger partial charge in [0.2, 0.25) is 5.91 Å². The van der Waals surface area contributed by atoms with Crippen molar-refractivity contribution in [1.82, 2.24) is 10.5 Å². The SMILES string of the molecule is Cc1ccccc1[C@H](C)NC(=O)Cc1c(C)noc1C. The lowest BCUT2D eigenvalue weighted by atomic mass is 10.0. The first-order valence-corrected chi connectivity index (χ1v) is 6.75. The van der Waals surface area contributed by atoms with Gasteiger partial charge < -0.3 is 9.84 Å². The van der Waals surface area contributed by atoms with Gasteiger partial charge in [-0.3, -0.25) is 4.79 Å². The molecule has 2 aromatic rings. The van der Waals surface area contributed by atoms with E-state index in [1.165, 1.54) is 5.56 Å². The number of hydrogen-bond donors (Lipinski definition) is 1. The topological polar surface area (TPSA) is 55.1 Å². The van der Waals surface area contributed by atoms with Crippen molar-refractivity contribution in [2.45, 2.75) is 40.2 Å². The summed E-state index contributed by atoms with van der Waals surface area (Å²) >= 11 is 0. The van der Waals surface area contributed by atoms with Crippen molar-refractivity contribution < 1.29 is 9.32 Å². The van der Waals surface area contributed by atoms with Gasteiger partial charge in [-0.25, -0.2) is 0 Å². The molecule has 0 aliphatic rings. The molecule has 20 heavy (non-hydrogen) atoms. The Balaban J connectivity index is 2.04. The van der Waals surface area contributed by atoms with Gasteiger partial charge in [0, 0.05) is 5.56 Å². The maximum absolute atomic E-state index is 12.1. The minimum absolute atomic E-state index is 0.0100. The lowest BCUT2D eigenvalue weighted by Crippen LogP contribution is -2.28. The lowest BCUT2D eigenvalue weighted by molar-refractivity contribution is -0.121. The van der Waals surface area contributed by atoms with Crippen molar-refractivity contribution in [3.63, 3.8) is 0 Å². The standard InChI is InChI=1S/C16H20N2O2/c1-10-7-5-6-8-14(10)11(2)17-16(19)9-15-12(3)18-20-13(15)4/h5-8,11H,9H2,1-4H3,(H,17,19)/t11-/m0/s1. The van der Waals surface area contributed by atoms with E-state index in [1.807, 2.05) is 52.0 Å². The van der Waals surface area contributed by atoms with Crippen LogP contribution in [0.4, 0.5) is 0 Å². The van der Waals surface area contributed by atoms with Crippen molar-refractivity contribution in [1.29, 1.82) is 0 Å². The summed E-state index contributed by atoms with van der Waals surface area (Å²) in [6, 6.07) is 8.06. The first kappa shape index (κ1) is 14.3. The third kappa shape index (κ3) is 3.07. The Morgan fingerprint density at radius 3 is 2.60 bits per heavy atom. The molecule has 2 rings (SSSR count). The van der Waals surface area contributed by atoms with Crippen LogP contribution in [-0.2, 0) is 11.2 Å². The summed E-state index contributed by atoms with van der Waals surface area (Å²) in [5.74, 6) is 0.691. The molecule has 1 aromatic carbocycles. The Morgan fingerprint density at radius 2 is 2.00 bits per heavy atom. The summed E-state index contributed by atoms with van der Waals surface area (Å²) in [4.78, 5) is 12.1. The smallest absolute Gasteiger partial charge is 0.225 e. The summed E-state index contributed by atoms with van der Waals surface area (Å²) in [7, 11) is 0. The van der Waals surface area contributed by atoms with Gasteiger partial charge in [-0.15, -0.1) is 0 Å². The summed E-state index contributed by atoms with van der Waals surface area (Å²) < 4.78 is 5.07. The zero-order valence-electron chi connectivity index (χ0n) is 12.4. The van der Waals surface area contributed by atoms with Gasteiger partial charge >= 0.3 is 0 Å². The fourth-order valence-corrected chi connectivity index (χ4v) is 2.36. The number of aryl methyl sites for hydroxylation is 3. The van der Waals surface area contributed by atoms with Crippen LogP contribution in [0.15, 0.2) is 28.8 Å². The van der Waals surface area contributed by atoms with Crippen LogP contribution in [-0.4, -0.2) is 11.1 Å². The fraction of sp³-hybridized carbons (Fsp3) is 0.375. The second kappa shape index (κ2) is 5.90. The Kier molecular flexibility index (Phi) is 4.23. The zero-order chi connectivity index (χ0) is 14.7. The van der Waals surface area contributed by atoms with Crippen LogP contribution in [0.3, 0.4) is 0 Å². The first-order chi connectivity index (χ1) is 9.49. The molecule has 0 spiro atoms. The van der Waals surface area contributed by atoms with E-state index in [1.54, 1.807) is 0 Å². The van der Waals surface area contributed by atoms with Crippen molar-refractivity contribution in [2.24, 2.45) is 0 Å². The molecule has 1 amide bonds. The molecule has 0 saturated carbocycles. The molecule has 0 unspecified atom stereocenters. The fourth-order valence-electron chi connectivity index (χ4n) is 2.36. The summed E-state index contributed by atoms with van der Waals surface area (Å²) in [5.41, 5.74) is 3.97. The van der Waals surface area contributed by atoms with Crippen LogP contribution in [0, 0.1) is 20.8 Å². The molecule has 0 aliphatic carbocycles. The minimum Gasteiger partial charge on any atom is -0.361 e. The van der Waals surface area contributed by atoms with Gasteiger partial charge in [0.25, 0.3) is 0 Å². The zero-order valence-corrected chi connectivity index (χ0v) is 12.4. The van der Waals surface area contributed by atoms with Crippen molar-refractivity contribution in [3.05, 3.63) is 52.4 Å². The third-order valence-electron chi connectivity index (χ3n) is 3.55. The number of carbonyl (C=O) groups excluding carboxylic acids is 1. The maximum atomic E-state index is 12.1. The van der Waals surface area contributed by atoms with E-state index in [4.69, 9.17) is 4.52 Å². The monoisotopic (exact) mass is 272 g/mol. The van der Waals surface area contributed by atoms with Gasteiger partial charge in [0.15, 0.2) is 0 Å². The highest BCUT2D eigenvalue weighted by atomic mass is 16.5. The van der Waals surface area contributed by atoms with Crippen LogP contribution in [0.2, 0.25) is 0 Å². The average Bonchev–Trinajstić information content (AvgIpc) is 2.71. The quantitative estimate of drug-likeness (QED) is 0.930. The van der Waals surface area contributed by atoms with Gasteiger partial charge in [0.05, 0.1) is 18.2 Å². The minimum atomic E-state index is -0.0184. The van der Waals surface area contributed by atoms with E-state index in [2.05, 4.69) is 10.5 Å². The molecule has 0 bridgehead atoms. The van der Waals surface area contributed by atoms with Crippen molar-refractivity contribution in [2.75, 3.05) is 0 Å². The highest BCUT2D eigenvalue weighted by molar-refractivity contribution is 5.79. The van der Waals surface area contributed by atoms with Crippen LogP contribution in [0.25, 0.3) is 0 Å². The summed E-state index contributed by atoms with van der Waals surface area (Å²) in [5, 5.41) is 6.89. The highest BCUT2D eigenvalue weighted by Crippen LogP contribution is 2.18. The normalized spacial score (nSPS) is 12.2. The van der Waals surface area contributed by atoms with E-state index in [-0.39, 0.29) is 11.9 Å². The number of hydrogen-bond acceptors (Lipinski definition) is 3. The Labute approximate surface area is 119 Å². The molecular formula is C16H20N2O2. The van der Waals surface area contributed by atoms with Crippen LogP contribution < -0.4 is 5.32 Å². The number of carbonyl (C=O) groups is 1. The molecule has 0 fully saturated rings. The van der Waals surface area contributed by atoms with Crippen LogP contribution >= 0.6 is 0 Å². The van der Waals surface area contributed by atoms with Gasteiger partial charge in [0.1, 0.15) is 5.76 Å². The third-order valence-corrected chi connectivity index (χ3v) is 3.55. The molecule has 1 heterocycles. The Morgan fingerprint density at radius 1 is 1.30 bits per heavy atom. The molecule has 0 aliphatic heterocycles. The number of aromatic nitrogens is 1. The van der Waals surface area contributed by atoms with E-state index in [9.17, 15) is 4.79 Å². The van der Waals surface area contributed by atoms with Crippen molar-refractivity contribution in [3.8, 4) is 0 Å². The molecule has 4 nitrogen and oxygen atoms in total. The summed E-state index contributed by atoms with van der Waals surface area (Å²) in [6.07, 6.45) is 0.303. The Hall–Kier alpha value is -2.10. The van der Waals surface area contributed by atoms with Crippen LogP contribution in [0.5, 0.6) is 0 Å². The van der Waals surface area contributed by atoms with Crippen LogP contribution in [0.1, 0.15) is 41.1 Å². The van der Waals surface area contributed by atoms with E-state index >= 15 is 0 Å². The largest absolute Gasteiger partial charge is 0.361 e. The first-order valence-electron chi connectivity index (χ1n) is 6.75. The van der Waals surface area contributed by atoms with Gasteiger partial charge in [-0.2, -0.15) is 0 Å². The predicted octanol–water partition coefficient (Wildman–Crippen LogP) is 3.02. The molecule has 0 saturated heterocycles.